The lowest BCUT2D eigenvalue weighted by molar-refractivity contribution is -0.0141. The summed E-state index contributed by atoms with van der Waals surface area (Å²) >= 11 is 0. The van der Waals surface area contributed by atoms with E-state index in [-0.39, 0.29) is 11.7 Å². The number of aliphatic hydroxyl groups is 1. The van der Waals surface area contributed by atoms with Gasteiger partial charge in [0.2, 0.25) is 0 Å². The summed E-state index contributed by atoms with van der Waals surface area (Å²) in [6.07, 6.45) is 3.69. The lowest BCUT2D eigenvalue weighted by Gasteiger charge is -2.35. The van der Waals surface area contributed by atoms with E-state index in [0.717, 1.165) is 40.6 Å². The number of halogens is 1. The minimum Gasteiger partial charge on any atom is -0.383 e. The predicted octanol–water partition coefficient (Wildman–Crippen LogP) is 4.46. The van der Waals surface area contributed by atoms with Gasteiger partial charge in [-0.3, -0.25) is 0 Å². The third-order valence-corrected chi connectivity index (χ3v) is 5.93. The molecule has 0 radical (unpaired) electrons. The SMILES string of the molecule is NC(c1ccccc1)C(O)(c1ccc2c(cnn2-c2ccc(F)cc2)c1)C1CC1. The number of nitrogens with zero attached hydrogens (tertiary/aromatic N) is 2. The molecule has 3 aromatic carbocycles. The third-order valence-electron chi connectivity index (χ3n) is 5.93. The molecule has 0 amide bonds. The Morgan fingerprint density at radius 2 is 1.76 bits per heavy atom. The molecule has 0 saturated heterocycles. The van der Waals surface area contributed by atoms with Crippen molar-refractivity contribution in [1.29, 1.82) is 0 Å². The van der Waals surface area contributed by atoms with Crippen LogP contribution >= 0.6 is 0 Å². The Hall–Kier alpha value is -3.02. The highest BCUT2D eigenvalue weighted by atomic mass is 19.1. The van der Waals surface area contributed by atoms with Gasteiger partial charge < -0.3 is 10.8 Å². The van der Waals surface area contributed by atoms with Crippen LogP contribution in [0, 0.1) is 11.7 Å². The van der Waals surface area contributed by atoms with Crippen molar-refractivity contribution in [2.75, 3.05) is 0 Å². The summed E-state index contributed by atoms with van der Waals surface area (Å²) in [5.41, 5.74) is 8.87. The molecule has 29 heavy (non-hydrogen) atoms. The third kappa shape index (κ3) is 3.03. The van der Waals surface area contributed by atoms with Gasteiger partial charge in [-0.15, -0.1) is 0 Å². The minimum absolute atomic E-state index is 0.141. The number of rotatable bonds is 5. The van der Waals surface area contributed by atoms with E-state index < -0.39 is 11.6 Å². The highest BCUT2D eigenvalue weighted by molar-refractivity contribution is 5.81. The second-order valence-corrected chi connectivity index (χ2v) is 7.79. The van der Waals surface area contributed by atoms with Crippen LogP contribution in [0.3, 0.4) is 0 Å². The van der Waals surface area contributed by atoms with Crippen LogP contribution in [0.25, 0.3) is 16.6 Å². The van der Waals surface area contributed by atoms with Crippen molar-refractivity contribution in [2.24, 2.45) is 11.7 Å². The lowest BCUT2D eigenvalue weighted by atomic mass is 9.79. The summed E-state index contributed by atoms with van der Waals surface area (Å²) in [6.45, 7) is 0. The summed E-state index contributed by atoms with van der Waals surface area (Å²) < 4.78 is 15.0. The molecule has 0 spiro atoms. The number of fused-ring (bicyclic) bond motifs is 1. The summed E-state index contributed by atoms with van der Waals surface area (Å²) in [7, 11) is 0. The van der Waals surface area contributed by atoms with E-state index in [9.17, 15) is 9.50 Å². The Morgan fingerprint density at radius 1 is 1.03 bits per heavy atom. The summed E-state index contributed by atoms with van der Waals surface area (Å²) in [4.78, 5) is 0. The molecule has 4 aromatic rings. The molecule has 2 atom stereocenters. The maximum atomic E-state index is 13.3. The van der Waals surface area contributed by atoms with Crippen LogP contribution in [0.5, 0.6) is 0 Å². The zero-order valence-corrected chi connectivity index (χ0v) is 15.9. The van der Waals surface area contributed by atoms with Gasteiger partial charge in [-0.25, -0.2) is 9.07 Å². The minimum atomic E-state index is -1.13. The standard InChI is InChI=1S/C24H22FN3O/c25-20-9-11-21(12-10-20)28-22-13-8-19(14-17(22)15-27-28)24(29,18-6-7-18)23(26)16-4-2-1-3-5-16/h1-5,8-15,18,23,29H,6-7,26H2. The largest absolute Gasteiger partial charge is 0.383 e. The van der Waals surface area contributed by atoms with Gasteiger partial charge in [0.1, 0.15) is 11.4 Å². The van der Waals surface area contributed by atoms with E-state index in [0.29, 0.717) is 0 Å². The highest BCUT2D eigenvalue weighted by Gasteiger charge is 2.49. The normalized spacial score (nSPS) is 17.2. The number of aromatic nitrogens is 2. The van der Waals surface area contributed by atoms with Crippen molar-refractivity contribution in [3.63, 3.8) is 0 Å². The van der Waals surface area contributed by atoms with Crippen molar-refractivity contribution < 1.29 is 9.50 Å². The molecule has 3 N–H and O–H groups in total. The molecular weight excluding hydrogens is 365 g/mol. The van der Waals surface area contributed by atoms with Crippen molar-refractivity contribution in [2.45, 2.75) is 24.5 Å². The predicted molar refractivity (Wildman–Crippen MR) is 111 cm³/mol. The van der Waals surface area contributed by atoms with E-state index in [2.05, 4.69) is 5.10 Å². The maximum absolute atomic E-state index is 13.3. The lowest BCUT2D eigenvalue weighted by Crippen LogP contribution is -2.40. The molecule has 1 aromatic heterocycles. The van der Waals surface area contributed by atoms with E-state index in [4.69, 9.17) is 5.73 Å². The fraction of sp³-hybridized carbons (Fsp3) is 0.208. The van der Waals surface area contributed by atoms with Crippen LogP contribution in [-0.4, -0.2) is 14.9 Å². The Morgan fingerprint density at radius 3 is 2.45 bits per heavy atom. The number of nitrogens with two attached hydrogens (primary N) is 1. The zero-order chi connectivity index (χ0) is 20.0. The van der Waals surface area contributed by atoms with Gasteiger partial charge >= 0.3 is 0 Å². The number of hydrogen-bond acceptors (Lipinski definition) is 3. The summed E-state index contributed by atoms with van der Waals surface area (Å²) in [5.74, 6) is -0.140. The smallest absolute Gasteiger partial charge is 0.123 e. The molecule has 0 aliphatic heterocycles. The van der Waals surface area contributed by atoms with Gasteiger partial charge in [0.25, 0.3) is 0 Å². The molecule has 1 aliphatic rings. The molecule has 1 heterocycles. The van der Waals surface area contributed by atoms with E-state index >= 15 is 0 Å². The summed E-state index contributed by atoms with van der Waals surface area (Å²) in [6, 6.07) is 21.3. The van der Waals surface area contributed by atoms with Crippen molar-refractivity contribution in [3.05, 3.63) is 95.9 Å². The monoisotopic (exact) mass is 387 g/mol. The van der Waals surface area contributed by atoms with Gasteiger partial charge in [0.15, 0.2) is 0 Å². The number of hydrogen-bond donors (Lipinski definition) is 2. The Balaban J connectivity index is 1.58. The molecular formula is C24H22FN3O. The molecule has 1 aliphatic carbocycles. The van der Waals surface area contributed by atoms with Crippen molar-refractivity contribution >= 4 is 10.9 Å². The number of benzene rings is 3. The average Bonchev–Trinajstić information content (AvgIpc) is 3.54. The second-order valence-electron chi connectivity index (χ2n) is 7.79. The first-order valence-corrected chi connectivity index (χ1v) is 9.84. The highest BCUT2D eigenvalue weighted by Crippen LogP contribution is 2.51. The first-order chi connectivity index (χ1) is 14.1. The molecule has 146 valence electrons. The van der Waals surface area contributed by atoms with Gasteiger partial charge in [-0.1, -0.05) is 36.4 Å². The first-order valence-electron chi connectivity index (χ1n) is 9.84. The van der Waals surface area contributed by atoms with Crippen LogP contribution < -0.4 is 5.73 Å². The van der Waals surface area contributed by atoms with Crippen LogP contribution in [0.1, 0.15) is 30.0 Å². The molecule has 1 fully saturated rings. The summed E-state index contributed by atoms with van der Waals surface area (Å²) in [5, 5.41) is 17.1. The van der Waals surface area contributed by atoms with E-state index in [1.165, 1.54) is 12.1 Å². The van der Waals surface area contributed by atoms with Gasteiger partial charge in [-0.2, -0.15) is 5.10 Å². The first kappa shape index (κ1) is 18.0. The molecule has 5 rings (SSSR count). The quantitative estimate of drug-likeness (QED) is 0.531. The van der Waals surface area contributed by atoms with E-state index in [1.54, 1.807) is 23.0 Å². The fourth-order valence-electron chi connectivity index (χ4n) is 4.18. The van der Waals surface area contributed by atoms with Gasteiger partial charge in [-0.05, 0) is 66.3 Å². The molecule has 4 nitrogen and oxygen atoms in total. The molecule has 5 heteroatoms. The van der Waals surface area contributed by atoms with Crippen LogP contribution in [0.15, 0.2) is 79.0 Å². The molecule has 1 saturated carbocycles. The molecule has 0 bridgehead atoms. The second kappa shape index (κ2) is 6.79. The Bertz CT molecular complexity index is 1150. The topological polar surface area (TPSA) is 64.1 Å². The van der Waals surface area contributed by atoms with Crippen LogP contribution in [0.4, 0.5) is 4.39 Å². The van der Waals surface area contributed by atoms with Gasteiger partial charge in [0, 0.05) is 5.39 Å². The average molecular weight is 387 g/mol. The zero-order valence-electron chi connectivity index (χ0n) is 15.9. The van der Waals surface area contributed by atoms with Gasteiger partial charge in [0.05, 0.1) is 23.4 Å². The Kier molecular flexibility index (Phi) is 4.23. The fourth-order valence-corrected chi connectivity index (χ4v) is 4.18. The van der Waals surface area contributed by atoms with Crippen LogP contribution in [-0.2, 0) is 5.60 Å². The van der Waals surface area contributed by atoms with Crippen molar-refractivity contribution in [1.82, 2.24) is 9.78 Å². The van der Waals surface area contributed by atoms with Crippen molar-refractivity contribution in [3.8, 4) is 5.69 Å². The Labute approximate surface area is 168 Å². The van der Waals surface area contributed by atoms with Crippen LogP contribution in [0.2, 0.25) is 0 Å². The molecule has 2 unspecified atom stereocenters. The maximum Gasteiger partial charge on any atom is 0.123 e. The van der Waals surface area contributed by atoms with E-state index in [1.807, 2.05) is 48.5 Å².